The lowest BCUT2D eigenvalue weighted by Crippen LogP contribution is -2.56. The summed E-state index contributed by atoms with van der Waals surface area (Å²) in [5.74, 6) is -1.55. The van der Waals surface area contributed by atoms with Crippen molar-refractivity contribution in [2.45, 2.75) is 38.1 Å². The Morgan fingerprint density at radius 2 is 1.90 bits per heavy atom. The molecular weight excluding hydrogens is 259 g/mol. The van der Waals surface area contributed by atoms with Crippen LogP contribution in [0.2, 0.25) is 0 Å². The Kier molecular flexibility index (Phi) is 3.79. The fourth-order valence-corrected chi connectivity index (χ4v) is 2.89. The summed E-state index contributed by atoms with van der Waals surface area (Å²) in [7, 11) is 1.53. The average molecular weight is 278 g/mol. The predicted molar refractivity (Wildman–Crippen MR) is 73.6 cm³/mol. The summed E-state index contributed by atoms with van der Waals surface area (Å²) in [5.41, 5.74) is 4.90. The van der Waals surface area contributed by atoms with E-state index in [-0.39, 0.29) is 5.56 Å². The van der Waals surface area contributed by atoms with E-state index in [2.05, 4.69) is 0 Å². The highest BCUT2D eigenvalue weighted by Crippen LogP contribution is 2.35. The number of aryl methyl sites for hydroxylation is 1. The summed E-state index contributed by atoms with van der Waals surface area (Å²) in [6.07, 6.45) is 2.77. The molecule has 0 aliphatic heterocycles. The van der Waals surface area contributed by atoms with Gasteiger partial charge in [-0.3, -0.25) is 9.59 Å². The van der Waals surface area contributed by atoms with Crippen molar-refractivity contribution in [2.24, 2.45) is 5.73 Å². The Hall–Kier alpha value is -1.91. The van der Waals surface area contributed by atoms with Crippen LogP contribution in [0.1, 0.15) is 41.6 Å². The first-order valence-corrected chi connectivity index (χ1v) is 6.73. The van der Waals surface area contributed by atoms with E-state index in [0.717, 1.165) is 12.8 Å². The molecule has 0 saturated heterocycles. The molecule has 0 atom stereocenters. The maximum atomic E-state index is 14.1. The zero-order valence-electron chi connectivity index (χ0n) is 11.8. The molecule has 0 radical (unpaired) electrons. The third-order valence-corrected chi connectivity index (χ3v) is 4.26. The normalized spacial score (nSPS) is 16.9. The van der Waals surface area contributed by atoms with E-state index in [0.29, 0.717) is 18.4 Å². The molecule has 1 saturated carbocycles. The molecule has 0 bridgehead atoms. The Balaban J connectivity index is 2.37. The molecule has 0 aromatic heterocycles. The van der Waals surface area contributed by atoms with E-state index >= 15 is 0 Å². The Morgan fingerprint density at radius 3 is 2.45 bits per heavy atom. The number of likely N-dealkylation sites (N-methyl/N-ethyl adjacent to an activating group) is 1. The van der Waals surface area contributed by atoms with Gasteiger partial charge >= 0.3 is 0 Å². The van der Waals surface area contributed by atoms with Crippen molar-refractivity contribution in [3.8, 4) is 0 Å². The number of carbonyl (C=O) groups excluding carboxylic acids is 2. The molecule has 1 fully saturated rings. The standard InChI is InChI=1S/C15H19FN2O2/c1-10-6-5-7-11(12(10)16)13(19)18(2)15(14(17)20)8-3-4-9-15/h5-7H,3-4,8-9H2,1-2H3,(H2,17,20). The fraction of sp³-hybridized carbons (Fsp3) is 0.467. The van der Waals surface area contributed by atoms with E-state index in [1.54, 1.807) is 19.1 Å². The fourth-order valence-electron chi connectivity index (χ4n) is 2.89. The van der Waals surface area contributed by atoms with E-state index in [1.807, 2.05) is 0 Å². The Labute approximate surface area is 117 Å². The largest absolute Gasteiger partial charge is 0.368 e. The van der Waals surface area contributed by atoms with Crippen molar-refractivity contribution >= 4 is 11.8 Å². The number of amides is 2. The second-order valence-corrected chi connectivity index (χ2v) is 5.40. The molecule has 1 aromatic rings. The van der Waals surface area contributed by atoms with Crippen LogP contribution < -0.4 is 5.73 Å². The van der Waals surface area contributed by atoms with Gasteiger partial charge in [-0.15, -0.1) is 0 Å². The van der Waals surface area contributed by atoms with Gasteiger partial charge in [-0.2, -0.15) is 0 Å². The van der Waals surface area contributed by atoms with Crippen LogP contribution in [0.3, 0.4) is 0 Å². The molecule has 0 unspecified atom stereocenters. The monoisotopic (exact) mass is 278 g/mol. The topological polar surface area (TPSA) is 63.4 Å². The van der Waals surface area contributed by atoms with Crippen LogP contribution in [-0.4, -0.2) is 29.3 Å². The second-order valence-electron chi connectivity index (χ2n) is 5.40. The van der Waals surface area contributed by atoms with E-state index in [9.17, 15) is 14.0 Å². The van der Waals surface area contributed by atoms with E-state index < -0.39 is 23.2 Å². The zero-order chi connectivity index (χ0) is 14.9. The quantitative estimate of drug-likeness (QED) is 0.919. The number of rotatable bonds is 3. The lowest BCUT2D eigenvalue weighted by Gasteiger charge is -2.36. The molecule has 20 heavy (non-hydrogen) atoms. The summed E-state index contributed by atoms with van der Waals surface area (Å²) in [4.78, 5) is 25.6. The number of halogens is 1. The maximum Gasteiger partial charge on any atom is 0.257 e. The molecule has 0 spiro atoms. The third-order valence-electron chi connectivity index (χ3n) is 4.26. The van der Waals surface area contributed by atoms with Crippen molar-refractivity contribution in [1.29, 1.82) is 0 Å². The Bertz CT molecular complexity index is 551. The van der Waals surface area contributed by atoms with Gasteiger partial charge in [0.25, 0.3) is 5.91 Å². The van der Waals surface area contributed by atoms with Gasteiger partial charge in [0.15, 0.2) is 0 Å². The number of hydrogen-bond acceptors (Lipinski definition) is 2. The number of benzene rings is 1. The van der Waals surface area contributed by atoms with Crippen LogP contribution in [0.25, 0.3) is 0 Å². The Morgan fingerprint density at radius 1 is 1.30 bits per heavy atom. The molecule has 2 N–H and O–H groups in total. The van der Waals surface area contributed by atoms with Crippen molar-refractivity contribution < 1.29 is 14.0 Å². The first kappa shape index (κ1) is 14.5. The van der Waals surface area contributed by atoms with E-state index in [4.69, 9.17) is 5.73 Å². The lowest BCUT2D eigenvalue weighted by molar-refractivity contribution is -0.127. The molecular formula is C15H19FN2O2. The SMILES string of the molecule is Cc1cccc(C(=O)N(C)C2(C(N)=O)CCCC2)c1F. The van der Waals surface area contributed by atoms with Crippen molar-refractivity contribution in [1.82, 2.24) is 4.90 Å². The number of nitrogens with zero attached hydrogens (tertiary/aromatic N) is 1. The molecule has 0 heterocycles. The number of hydrogen-bond donors (Lipinski definition) is 1. The van der Waals surface area contributed by atoms with Crippen molar-refractivity contribution in [3.63, 3.8) is 0 Å². The van der Waals surface area contributed by atoms with Gasteiger partial charge in [-0.05, 0) is 31.4 Å². The minimum absolute atomic E-state index is 0.0139. The molecule has 1 aromatic carbocycles. The van der Waals surface area contributed by atoms with Crippen LogP contribution in [0.15, 0.2) is 18.2 Å². The summed E-state index contributed by atoms with van der Waals surface area (Å²) in [6, 6.07) is 4.67. The number of primary amides is 1. The summed E-state index contributed by atoms with van der Waals surface area (Å²) >= 11 is 0. The summed E-state index contributed by atoms with van der Waals surface area (Å²) in [6.45, 7) is 1.60. The van der Waals surface area contributed by atoms with E-state index in [1.165, 1.54) is 18.0 Å². The molecule has 1 aliphatic rings. The predicted octanol–water partition coefficient (Wildman–Crippen LogP) is 2.00. The van der Waals surface area contributed by atoms with Gasteiger partial charge in [0.1, 0.15) is 11.4 Å². The van der Waals surface area contributed by atoms with Crippen LogP contribution in [0.5, 0.6) is 0 Å². The molecule has 4 nitrogen and oxygen atoms in total. The summed E-state index contributed by atoms with van der Waals surface area (Å²) in [5, 5.41) is 0. The second kappa shape index (κ2) is 5.23. The highest BCUT2D eigenvalue weighted by Gasteiger charge is 2.45. The van der Waals surface area contributed by atoms with Crippen molar-refractivity contribution in [3.05, 3.63) is 35.1 Å². The number of carbonyl (C=O) groups is 2. The first-order valence-electron chi connectivity index (χ1n) is 6.73. The van der Waals surface area contributed by atoms with Crippen LogP contribution in [-0.2, 0) is 4.79 Å². The van der Waals surface area contributed by atoms with Crippen LogP contribution in [0.4, 0.5) is 4.39 Å². The van der Waals surface area contributed by atoms with Gasteiger partial charge in [0, 0.05) is 7.05 Å². The minimum Gasteiger partial charge on any atom is -0.368 e. The van der Waals surface area contributed by atoms with Gasteiger partial charge < -0.3 is 10.6 Å². The number of nitrogens with two attached hydrogens (primary N) is 1. The average Bonchev–Trinajstić information content (AvgIpc) is 2.91. The highest BCUT2D eigenvalue weighted by atomic mass is 19.1. The van der Waals surface area contributed by atoms with Crippen molar-refractivity contribution in [2.75, 3.05) is 7.05 Å². The van der Waals surface area contributed by atoms with Gasteiger partial charge in [-0.25, -0.2) is 4.39 Å². The molecule has 5 heteroatoms. The maximum absolute atomic E-state index is 14.1. The molecule has 108 valence electrons. The first-order chi connectivity index (χ1) is 9.40. The molecule has 2 rings (SSSR count). The molecule has 2 amide bonds. The van der Waals surface area contributed by atoms with Gasteiger partial charge in [-0.1, -0.05) is 25.0 Å². The molecule has 1 aliphatic carbocycles. The van der Waals surface area contributed by atoms with Gasteiger partial charge in [0.05, 0.1) is 5.56 Å². The van der Waals surface area contributed by atoms with Gasteiger partial charge in [0.2, 0.25) is 5.91 Å². The third kappa shape index (κ3) is 2.17. The summed E-state index contributed by atoms with van der Waals surface area (Å²) < 4.78 is 14.1. The lowest BCUT2D eigenvalue weighted by atomic mass is 9.93. The smallest absolute Gasteiger partial charge is 0.257 e. The minimum atomic E-state index is -0.979. The zero-order valence-corrected chi connectivity index (χ0v) is 11.8. The highest BCUT2D eigenvalue weighted by molar-refractivity contribution is 5.99. The van der Waals surface area contributed by atoms with Crippen LogP contribution in [0, 0.1) is 12.7 Å². The van der Waals surface area contributed by atoms with Crippen LogP contribution >= 0.6 is 0 Å².